The Bertz CT molecular complexity index is 1790. The fraction of sp³-hybridized carbons (Fsp3) is 0.129. The molecule has 0 spiro atoms. The molecule has 1 N–H and O–H groups in total. The van der Waals surface area contributed by atoms with Gasteiger partial charge in [-0.25, -0.2) is 9.48 Å². The second-order valence-corrected chi connectivity index (χ2v) is 9.28. The lowest BCUT2D eigenvalue weighted by atomic mass is 9.98. The summed E-state index contributed by atoms with van der Waals surface area (Å²) in [7, 11) is 0. The minimum atomic E-state index is -1.00. The van der Waals surface area contributed by atoms with E-state index in [1.54, 1.807) is 18.2 Å². The number of carboxylic acids is 1. The molecule has 0 bridgehead atoms. The number of imidazole rings is 1. The number of hydrogen-bond acceptors (Lipinski definition) is 6. The van der Waals surface area contributed by atoms with Crippen molar-refractivity contribution in [2.24, 2.45) is 0 Å². The summed E-state index contributed by atoms with van der Waals surface area (Å²) in [5.74, 6) is -0.313. The summed E-state index contributed by atoms with van der Waals surface area (Å²) in [5.41, 5.74) is 6.37. The van der Waals surface area contributed by atoms with E-state index in [2.05, 4.69) is 50.8 Å². The van der Waals surface area contributed by atoms with E-state index < -0.39 is 5.97 Å². The van der Waals surface area contributed by atoms with Crippen molar-refractivity contribution in [1.29, 1.82) is 0 Å². The number of carbonyl (C=O) groups is 1. The van der Waals surface area contributed by atoms with Crippen LogP contribution in [0.4, 0.5) is 0 Å². The van der Waals surface area contributed by atoms with E-state index in [9.17, 15) is 9.90 Å². The topological polar surface area (TPSA) is 108 Å². The molecule has 0 unspecified atom stereocenters. The number of fused-ring (bicyclic) bond motifs is 1. The van der Waals surface area contributed by atoms with Crippen molar-refractivity contribution in [2.75, 3.05) is 6.61 Å². The van der Waals surface area contributed by atoms with E-state index in [0.717, 1.165) is 27.8 Å². The van der Waals surface area contributed by atoms with Gasteiger partial charge in [-0.05, 0) is 51.7 Å². The fourth-order valence-electron chi connectivity index (χ4n) is 4.89. The molecule has 0 saturated heterocycles. The number of para-hydroxylation sites is 1. The van der Waals surface area contributed by atoms with Gasteiger partial charge in [-0.1, -0.05) is 84.9 Å². The van der Waals surface area contributed by atoms with Crippen LogP contribution < -0.4 is 4.74 Å². The average Bonchev–Trinajstić information content (AvgIpc) is 3.58. The monoisotopic (exact) mass is 530 g/mol. The molecule has 2 aromatic heterocycles. The quantitative estimate of drug-likeness (QED) is 0.261. The van der Waals surface area contributed by atoms with Crippen LogP contribution in [0.25, 0.3) is 33.5 Å². The molecule has 0 aliphatic rings. The highest BCUT2D eigenvalue weighted by Gasteiger charge is 2.19. The van der Waals surface area contributed by atoms with Crippen molar-refractivity contribution >= 4 is 17.0 Å². The molecular formula is C31H26N6O3. The molecule has 0 atom stereocenters. The number of benzene rings is 4. The Balaban J connectivity index is 1.33. The van der Waals surface area contributed by atoms with Crippen molar-refractivity contribution in [2.45, 2.75) is 20.0 Å². The predicted octanol–water partition coefficient (Wildman–Crippen LogP) is 5.55. The van der Waals surface area contributed by atoms with Crippen LogP contribution in [0.5, 0.6) is 6.01 Å². The summed E-state index contributed by atoms with van der Waals surface area (Å²) in [6.45, 7) is 3.28. The first-order chi connectivity index (χ1) is 19.6. The predicted molar refractivity (Wildman–Crippen MR) is 151 cm³/mol. The van der Waals surface area contributed by atoms with E-state index in [4.69, 9.17) is 4.74 Å². The van der Waals surface area contributed by atoms with Crippen LogP contribution in [0.3, 0.4) is 0 Å². The Kier molecular flexibility index (Phi) is 6.76. The maximum absolute atomic E-state index is 11.9. The zero-order valence-electron chi connectivity index (χ0n) is 21.8. The minimum absolute atomic E-state index is 0.190. The van der Waals surface area contributed by atoms with Crippen molar-refractivity contribution in [3.8, 4) is 28.5 Å². The molecule has 6 aromatic rings. The molecular weight excluding hydrogens is 504 g/mol. The zero-order valence-corrected chi connectivity index (χ0v) is 21.8. The van der Waals surface area contributed by atoms with Gasteiger partial charge in [0.05, 0.1) is 36.3 Å². The minimum Gasteiger partial charge on any atom is -0.478 e. The molecule has 0 saturated carbocycles. The van der Waals surface area contributed by atoms with Gasteiger partial charge in [-0.15, -0.1) is 5.10 Å². The van der Waals surface area contributed by atoms with E-state index >= 15 is 0 Å². The van der Waals surface area contributed by atoms with E-state index in [0.29, 0.717) is 42.6 Å². The lowest BCUT2D eigenvalue weighted by Crippen LogP contribution is -2.08. The van der Waals surface area contributed by atoms with Crippen LogP contribution in [0.1, 0.15) is 28.4 Å². The maximum atomic E-state index is 11.9. The molecule has 4 aromatic carbocycles. The fourth-order valence-corrected chi connectivity index (χ4v) is 4.89. The van der Waals surface area contributed by atoms with Crippen LogP contribution in [0.2, 0.25) is 0 Å². The van der Waals surface area contributed by atoms with Gasteiger partial charge in [0.2, 0.25) is 0 Å². The van der Waals surface area contributed by atoms with Gasteiger partial charge in [0, 0.05) is 5.56 Å². The third kappa shape index (κ3) is 4.80. The molecule has 9 nitrogen and oxygen atoms in total. The summed E-state index contributed by atoms with van der Waals surface area (Å²) in [6, 6.07) is 31.8. The number of tetrazole rings is 1. The molecule has 40 heavy (non-hydrogen) atoms. The normalized spacial score (nSPS) is 11.1. The highest BCUT2D eigenvalue weighted by molar-refractivity contribution is 6.01. The smallest absolute Gasteiger partial charge is 0.337 e. The molecule has 2 heterocycles. The van der Waals surface area contributed by atoms with Crippen LogP contribution in [0.15, 0.2) is 97.1 Å². The molecule has 0 aliphatic carbocycles. The third-order valence-electron chi connectivity index (χ3n) is 6.72. The Labute approximate surface area is 230 Å². The average molecular weight is 531 g/mol. The van der Waals surface area contributed by atoms with Crippen molar-refractivity contribution in [3.05, 3.63) is 114 Å². The highest BCUT2D eigenvalue weighted by Crippen LogP contribution is 2.32. The number of aromatic nitrogens is 6. The molecule has 0 aliphatic heterocycles. The first kappa shape index (κ1) is 25.0. The number of ether oxygens (including phenoxy) is 1. The molecule has 198 valence electrons. The summed E-state index contributed by atoms with van der Waals surface area (Å²) >= 11 is 0. The standard InChI is InChI=1S/C31H26N6O3/c1-2-40-31-32-27-14-8-13-26(30(38)39)28(27)36(31)19-22-15-17-23(18-16-22)24-11-6-7-12-25(24)29-33-34-35-37(29)20-21-9-4-3-5-10-21/h3-18H,2,19-20H2,1H3,(H,38,39). The second kappa shape index (κ2) is 10.8. The summed E-state index contributed by atoms with van der Waals surface area (Å²) < 4.78 is 9.40. The van der Waals surface area contributed by atoms with Gasteiger partial charge >= 0.3 is 5.97 Å². The van der Waals surface area contributed by atoms with Gasteiger partial charge < -0.3 is 9.84 Å². The number of aromatic carboxylic acids is 1. The van der Waals surface area contributed by atoms with Gasteiger partial charge in [-0.3, -0.25) is 4.57 Å². The van der Waals surface area contributed by atoms with Crippen molar-refractivity contribution in [3.63, 3.8) is 0 Å². The van der Waals surface area contributed by atoms with Crippen LogP contribution in [-0.4, -0.2) is 47.4 Å². The molecule has 9 heteroatoms. The second-order valence-electron chi connectivity index (χ2n) is 9.28. The van der Waals surface area contributed by atoms with Crippen molar-refractivity contribution in [1.82, 2.24) is 29.8 Å². The van der Waals surface area contributed by atoms with Gasteiger partial charge in [0.25, 0.3) is 6.01 Å². The van der Waals surface area contributed by atoms with Crippen LogP contribution in [0, 0.1) is 0 Å². The Morgan fingerprint density at radius 1 is 0.825 bits per heavy atom. The molecule has 6 rings (SSSR count). The van der Waals surface area contributed by atoms with Crippen LogP contribution in [-0.2, 0) is 13.1 Å². The first-order valence-corrected chi connectivity index (χ1v) is 13.0. The summed E-state index contributed by atoms with van der Waals surface area (Å²) in [4.78, 5) is 16.5. The van der Waals surface area contributed by atoms with Gasteiger partial charge in [0.1, 0.15) is 0 Å². The van der Waals surface area contributed by atoms with Gasteiger partial charge in [-0.2, -0.15) is 4.98 Å². The van der Waals surface area contributed by atoms with Crippen LogP contribution >= 0.6 is 0 Å². The Hall–Kier alpha value is -5.31. The van der Waals surface area contributed by atoms with E-state index in [1.807, 2.05) is 64.7 Å². The maximum Gasteiger partial charge on any atom is 0.337 e. The largest absolute Gasteiger partial charge is 0.478 e. The molecule has 0 amide bonds. The number of carboxylic acid groups (broad SMARTS) is 1. The summed E-state index contributed by atoms with van der Waals surface area (Å²) in [6.07, 6.45) is 0. The molecule has 0 fully saturated rings. The van der Waals surface area contributed by atoms with E-state index in [1.165, 1.54) is 0 Å². The zero-order chi connectivity index (χ0) is 27.5. The third-order valence-corrected chi connectivity index (χ3v) is 6.72. The number of rotatable bonds is 9. The first-order valence-electron chi connectivity index (χ1n) is 13.0. The number of nitrogens with zero attached hydrogens (tertiary/aromatic N) is 6. The Morgan fingerprint density at radius 3 is 2.30 bits per heavy atom. The Morgan fingerprint density at radius 2 is 1.55 bits per heavy atom. The number of hydrogen-bond donors (Lipinski definition) is 1. The lowest BCUT2D eigenvalue weighted by molar-refractivity contribution is 0.0698. The highest BCUT2D eigenvalue weighted by atomic mass is 16.5. The van der Waals surface area contributed by atoms with Crippen molar-refractivity contribution < 1.29 is 14.6 Å². The lowest BCUT2D eigenvalue weighted by Gasteiger charge is -2.13. The van der Waals surface area contributed by atoms with E-state index in [-0.39, 0.29) is 5.56 Å². The summed E-state index contributed by atoms with van der Waals surface area (Å²) in [5, 5.41) is 22.3. The SMILES string of the molecule is CCOc1nc2cccc(C(=O)O)c2n1Cc1ccc(-c2ccccc2-c2nnnn2Cc2ccccc2)cc1. The van der Waals surface area contributed by atoms with Gasteiger partial charge in [0.15, 0.2) is 5.82 Å². The molecule has 0 radical (unpaired) electrons.